The van der Waals surface area contributed by atoms with Crippen LogP contribution in [-0.4, -0.2) is 32.6 Å². The van der Waals surface area contributed by atoms with Gasteiger partial charge in [-0.15, -0.1) is 11.3 Å². The summed E-state index contributed by atoms with van der Waals surface area (Å²) >= 11 is 1.48. The molecule has 0 fully saturated rings. The Balaban J connectivity index is 1.63. The zero-order chi connectivity index (χ0) is 20.8. The lowest BCUT2D eigenvalue weighted by Gasteiger charge is -2.18. The molecule has 0 bridgehead atoms. The van der Waals surface area contributed by atoms with Crippen molar-refractivity contribution in [2.24, 2.45) is 0 Å². The van der Waals surface area contributed by atoms with Crippen LogP contribution in [0.3, 0.4) is 0 Å². The first-order chi connectivity index (χ1) is 13.9. The van der Waals surface area contributed by atoms with Crippen molar-refractivity contribution in [1.82, 2.24) is 5.32 Å². The van der Waals surface area contributed by atoms with Crippen LogP contribution in [0.5, 0.6) is 0 Å². The quantitative estimate of drug-likeness (QED) is 0.596. The average Bonchev–Trinajstić information content (AvgIpc) is 3.25. The molecule has 1 N–H and O–H groups in total. The largest absolute Gasteiger partial charge is 0.452 e. The normalized spacial score (nSPS) is 11.6. The Morgan fingerprint density at radius 1 is 1.07 bits per heavy atom. The number of anilines is 1. The molecule has 0 aliphatic carbocycles. The van der Waals surface area contributed by atoms with Crippen LogP contribution in [0.4, 0.5) is 10.1 Å². The molecule has 1 amide bonds. The number of amides is 1. The molecule has 0 unspecified atom stereocenters. The summed E-state index contributed by atoms with van der Waals surface area (Å²) in [6.07, 6.45) is 0. The molecule has 3 rings (SSSR count). The average molecular weight is 412 g/mol. The summed E-state index contributed by atoms with van der Waals surface area (Å²) in [6, 6.07) is 16.2. The summed E-state index contributed by atoms with van der Waals surface area (Å²) in [6.45, 7) is -0.405. The van der Waals surface area contributed by atoms with Gasteiger partial charge in [0.1, 0.15) is 5.82 Å². The van der Waals surface area contributed by atoms with Gasteiger partial charge in [0.05, 0.1) is 11.6 Å². The van der Waals surface area contributed by atoms with E-state index in [1.165, 1.54) is 23.5 Å². The molecule has 0 spiro atoms. The van der Waals surface area contributed by atoms with Crippen LogP contribution in [0, 0.1) is 5.82 Å². The van der Waals surface area contributed by atoms with Crippen molar-refractivity contribution in [2.45, 2.75) is 6.04 Å². The van der Waals surface area contributed by atoms with Gasteiger partial charge in [-0.1, -0.05) is 18.2 Å². The Labute approximate surface area is 172 Å². The zero-order valence-corrected chi connectivity index (χ0v) is 16.9. The number of nitrogens with zero attached hydrogens (tertiary/aromatic N) is 1. The topological polar surface area (TPSA) is 58.6 Å². The van der Waals surface area contributed by atoms with Crippen LogP contribution < -0.4 is 10.2 Å². The molecule has 1 atom stereocenters. The highest BCUT2D eigenvalue weighted by Crippen LogP contribution is 2.26. The van der Waals surface area contributed by atoms with Gasteiger partial charge < -0.3 is 15.0 Å². The van der Waals surface area contributed by atoms with Crippen molar-refractivity contribution in [3.8, 4) is 0 Å². The molecule has 5 nitrogen and oxygen atoms in total. The van der Waals surface area contributed by atoms with E-state index in [4.69, 9.17) is 4.74 Å². The highest BCUT2D eigenvalue weighted by molar-refractivity contribution is 7.10. The van der Waals surface area contributed by atoms with Crippen molar-refractivity contribution in [3.05, 3.63) is 87.9 Å². The standard InChI is InChI=1S/C22H21FN2O3S/c1-25(2)18-11-7-16(8-12-18)22(27)28-14-20(26)24-21(19-4-3-13-29-19)15-5-9-17(23)10-6-15/h3-13,21H,14H2,1-2H3,(H,24,26)/t21-/m0/s1. The minimum absolute atomic E-state index is 0.348. The van der Waals surface area contributed by atoms with Gasteiger partial charge >= 0.3 is 5.97 Å². The molecule has 3 aromatic rings. The van der Waals surface area contributed by atoms with E-state index in [0.717, 1.165) is 16.1 Å². The van der Waals surface area contributed by atoms with E-state index in [-0.39, 0.29) is 5.82 Å². The van der Waals surface area contributed by atoms with Crippen LogP contribution >= 0.6 is 11.3 Å². The Morgan fingerprint density at radius 2 is 1.76 bits per heavy atom. The summed E-state index contributed by atoms with van der Waals surface area (Å²) in [5.41, 5.74) is 2.07. The van der Waals surface area contributed by atoms with Crippen LogP contribution in [0.1, 0.15) is 26.8 Å². The molecule has 150 valence electrons. The Hall–Kier alpha value is -3.19. The molecule has 1 heterocycles. The smallest absolute Gasteiger partial charge is 0.338 e. The number of ether oxygens (including phenoxy) is 1. The molecule has 2 aromatic carbocycles. The monoisotopic (exact) mass is 412 g/mol. The second-order valence-corrected chi connectivity index (χ2v) is 7.56. The van der Waals surface area contributed by atoms with Crippen molar-refractivity contribution >= 4 is 28.9 Å². The van der Waals surface area contributed by atoms with Gasteiger partial charge in [0, 0.05) is 24.7 Å². The van der Waals surface area contributed by atoms with Gasteiger partial charge in [0.25, 0.3) is 5.91 Å². The number of thiophene rings is 1. The lowest BCUT2D eigenvalue weighted by molar-refractivity contribution is -0.124. The summed E-state index contributed by atoms with van der Waals surface area (Å²) in [4.78, 5) is 27.4. The molecule has 7 heteroatoms. The number of benzene rings is 2. The summed E-state index contributed by atoms with van der Waals surface area (Å²) in [5.74, 6) is -1.36. The molecule has 0 aliphatic rings. The van der Waals surface area contributed by atoms with Gasteiger partial charge in [-0.2, -0.15) is 0 Å². The maximum Gasteiger partial charge on any atom is 0.338 e. The molecular weight excluding hydrogens is 391 g/mol. The molecular formula is C22H21FN2O3S. The first-order valence-electron chi connectivity index (χ1n) is 8.97. The van der Waals surface area contributed by atoms with Crippen LogP contribution in [0.25, 0.3) is 0 Å². The number of hydrogen-bond acceptors (Lipinski definition) is 5. The third kappa shape index (κ3) is 5.42. The van der Waals surface area contributed by atoms with Gasteiger partial charge in [0.2, 0.25) is 0 Å². The number of carbonyl (C=O) groups excluding carboxylic acids is 2. The van der Waals surface area contributed by atoms with E-state index < -0.39 is 24.5 Å². The van der Waals surface area contributed by atoms with Crippen molar-refractivity contribution in [3.63, 3.8) is 0 Å². The predicted octanol–water partition coefficient (Wildman–Crippen LogP) is 4.02. The first-order valence-corrected chi connectivity index (χ1v) is 9.85. The van der Waals surface area contributed by atoms with Gasteiger partial charge in [-0.05, 0) is 53.4 Å². The third-order valence-corrected chi connectivity index (χ3v) is 5.23. The van der Waals surface area contributed by atoms with Crippen molar-refractivity contribution in [2.75, 3.05) is 25.6 Å². The SMILES string of the molecule is CN(C)c1ccc(C(=O)OCC(=O)N[C@@H](c2ccc(F)cc2)c2cccs2)cc1. The van der Waals surface area contributed by atoms with E-state index in [1.54, 1.807) is 36.4 Å². The van der Waals surface area contributed by atoms with Crippen LogP contribution in [0.15, 0.2) is 66.0 Å². The van der Waals surface area contributed by atoms with E-state index in [1.807, 2.05) is 36.5 Å². The van der Waals surface area contributed by atoms with Crippen molar-refractivity contribution in [1.29, 1.82) is 0 Å². The third-order valence-electron chi connectivity index (χ3n) is 4.29. The fourth-order valence-electron chi connectivity index (χ4n) is 2.74. The Morgan fingerprint density at radius 3 is 2.34 bits per heavy atom. The minimum atomic E-state index is -0.570. The van der Waals surface area contributed by atoms with E-state index >= 15 is 0 Å². The number of hydrogen-bond donors (Lipinski definition) is 1. The molecule has 0 saturated carbocycles. The minimum Gasteiger partial charge on any atom is -0.452 e. The fraction of sp³-hybridized carbons (Fsp3) is 0.182. The maximum atomic E-state index is 13.3. The molecule has 0 aliphatic heterocycles. The number of esters is 1. The molecule has 1 aromatic heterocycles. The van der Waals surface area contributed by atoms with Gasteiger partial charge in [0.15, 0.2) is 6.61 Å². The summed E-state index contributed by atoms with van der Waals surface area (Å²) in [5, 5.41) is 4.75. The first kappa shape index (κ1) is 20.5. The highest BCUT2D eigenvalue weighted by atomic mass is 32.1. The number of nitrogens with one attached hydrogen (secondary N) is 1. The van der Waals surface area contributed by atoms with Crippen molar-refractivity contribution < 1.29 is 18.7 Å². The van der Waals surface area contributed by atoms with Gasteiger partial charge in [-0.25, -0.2) is 9.18 Å². The van der Waals surface area contributed by atoms with Crippen LogP contribution in [-0.2, 0) is 9.53 Å². The maximum absolute atomic E-state index is 13.3. The highest BCUT2D eigenvalue weighted by Gasteiger charge is 2.19. The number of carbonyl (C=O) groups is 2. The fourth-order valence-corrected chi connectivity index (χ4v) is 3.54. The zero-order valence-electron chi connectivity index (χ0n) is 16.1. The predicted molar refractivity (Wildman–Crippen MR) is 112 cm³/mol. The second-order valence-electron chi connectivity index (χ2n) is 6.58. The number of rotatable bonds is 7. The Bertz CT molecular complexity index is 955. The van der Waals surface area contributed by atoms with Crippen LogP contribution in [0.2, 0.25) is 0 Å². The van der Waals surface area contributed by atoms with E-state index in [0.29, 0.717) is 5.56 Å². The van der Waals surface area contributed by atoms with E-state index in [2.05, 4.69) is 5.32 Å². The number of halogens is 1. The summed E-state index contributed by atoms with van der Waals surface area (Å²) < 4.78 is 18.4. The molecule has 29 heavy (non-hydrogen) atoms. The Kier molecular flexibility index (Phi) is 6.61. The second kappa shape index (κ2) is 9.34. The molecule has 0 saturated heterocycles. The van der Waals surface area contributed by atoms with Gasteiger partial charge in [-0.3, -0.25) is 4.79 Å². The molecule has 0 radical (unpaired) electrons. The van der Waals surface area contributed by atoms with E-state index in [9.17, 15) is 14.0 Å². The lowest BCUT2D eigenvalue weighted by atomic mass is 10.1. The lowest BCUT2D eigenvalue weighted by Crippen LogP contribution is -2.32. The summed E-state index contributed by atoms with van der Waals surface area (Å²) in [7, 11) is 3.81.